The minimum atomic E-state index is 0.920. The second-order valence-electron chi connectivity index (χ2n) is 4.62. The Balaban J connectivity index is 2.31. The van der Waals surface area contributed by atoms with Gasteiger partial charge in [0, 0.05) is 22.4 Å². The highest BCUT2D eigenvalue weighted by Crippen LogP contribution is 2.32. The number of pyridine rings is 1. The summed E-state index contributed by atoms with van der Waals surface area (Å²) in [4.78, 5) is 4.51. The molecule has 0 amide bonds. The van der Waals surface area contributed by atoms with Gasteiger partial charge in [-0.3, -0.25) is 4.98 Å². The Morgan fingerprint density at radius 1 is 0.944 bits per heavy atom. The van der Waals surface area contributed by atoms with E-state index in [1.54, 1.807) is 0 Å². The van der Waals surface area contributed by atoms with Crippen molar-refractivity contribution >= 4 is 32.8 Å². The second kappa shape index (κ2) is 3.33. The molecule has 0 atom stereocenters. The third-order valence-corrected chi connectivity index (χ3v) is 3.36. The number of aromatic nitrogens is 1. The molecule has 0 bridgehead atoms. The average molecular weight is 233 g/mol. The predicted octanol–water partition coefficient (Wildman–Crippen LogP) is 4.44. The average Bonchev–Trinajstić information content (AvgIpc) is 2.78. The first-order valence-corrected chi connectivity index (χ1v) is 5.99. The number of rotatable bonds is 0. The van der Waals surface area contributed by atoms with Crippen molar-refractivity contribution in [2.24, 2.45) is 0 Å². The van der Waals surface area contributed by atoms with Gasteiger partial charge in [0.15, 0.2) is 0 Å². The molecule has 0 aliphatic heterocycles. The molecule has 0 aliphatic carbocycles. The van der Waals surface area contributed by atoms with E-state index in [9.17, 15) is 0 Å². The number of aryl methyl sites for hydroxylation is 1. The van der Waals surface area contributed by atoms with Crippen LogP contribution in [0.3, 0.4) is 0 Å². The smallest absolute Gasteiger partial charge is 0.146 e. The topological polar surface area (TPSA) is 26.0 Å². The molecule has 4 aromatic rings. The van der Waals surface area contributed by atoms with E-state index in [4.69, 9.17) is 4.42 Å². The van der Waals surface area contributed by atoms with Crippen LogP contribution in [0.25, 0.3) is 32.8 Å². The van der Waals surface area contributed by atoms with E-state index in [-0.39, 0.29) is 0 Å². The fourth-order valence-corrected chi connectivity index (χ4v) is 2.47. The van der Waals surface area contributed by atoms with Crippen molar-refractivity contribution in [3.8, 4) is 0 Å². The standard InChI is InChI=1S/C16H11NO/c1-10-6-7-14-12(8-10)16-13(9-17-14)11-4-2-3-5-15(11)18-16/h2-9H,1H3. The molecule has 2 heterocycles. The summed E-state index contributed by atoms with van der Waals surface area (Å²) in [5, 5.41) is 3.30. The van der Waals surface area contributed by atoms with Gasteiger partial charge in [0.25, 0.3) is 0 Å². The Labute approximate surface area is 104 Å². The number of hydrogen-bond donors (Lipinski definition) is 0. The van der Waals surface area contributed by atoms with Crippen LogP contribution in [0.2, 0.25) is 0 Å². The van der Waals surface area contributed by atoms with Gasteiger partial charge in [-0.2, -0.15) is 0 Å². The molecule has 0 fully saturated rings. The number of fused-ring (bicyclic) bond motifs is 5. The quantitative estimate of drug-likeness (QED) is 0.448. The summed E-state index contributed by atoms with van der Waals surface area (Å²) in [5.41, 5.74) is 4.05. The SMILES string of the molecule is Cc1ccc2ncc3c4ccccc4oc3c2c1. The summed E-state index contributed by atoms with van der Waals surface area (Å²) in [6.45, 7) is 2.08. The molecule has 0 spiro atoms. The molecule has 0 N–H and O–H groups in total. The first kappa shape index (κ1) is 9.66. The van der Waals surface area contributed by atoms with E-state index in [2.05, 4.69) is 30.1 Å². The van der Waals surface area contributed by atoms with Crippen LogP contribution in [-0.4, -0.2) is 4.98 Å². The Kier molecular flexibility index (Phi) is 1.78. The van der Waals surface area contributed by atoms with Crippen molar-refractivity contribution in [1.82, 2.24) is 4.98 Å². The van der Waals surface area contributed by atoms with Crippen molar-refractivity contribution in [3.05, 3.63) is 54.2 Å². The first-order chi connectivity index (χ1) is 8.83. The summed E-state index contributed by atoms with van der Waals surface area (Å²) in [6.07, 6.45) is 1.90. The summed E-state index contributed by atoms with van der Waals surface area (Å²) < 4.78 is 5.98. The van der Waals surface area contributed by atoms with Gasteiger partial charge in [-0.15, -0.1) is 0 Å². The molecule has 0 saturated heterocycles. The fourth-order valence-electron chi connectivity index (χ4n) is 2.47. The largest absolute Gasteiger partial charge is 0.455 e. The van der Waals surface area contributed by atoms with Crippen LogP contribution < -0.4 is 0 Å². The summed E-state index contributed by atoms with van der Waals surface area (Å²) >= 11 is 0. The van der Waals surface area contributed by atoms with Crippen molar-refractivity contribution in [2.45, 2.75) is 6.92 Å². The monoisotopic (exact) mass is 233 g/mol. The Bertz CT molecular complexity index is 889. The predicted molar refractivity (Wildman–Crippen MR) is 73.8 cm³/mol. The van der Waals surface area contributed by atoms with Crippen LogP contribution in [0.1, 0.15) is 5.56 Å². The molecule has 86 valence electrons. The molecule has 2 nitrogen and oxygen atoms in total. The lowest BCUT2D eigenvalue weighted by Gasteiger charge is -1.99. The normalized spacial score (nSPS) is 11.6. The van der Waals surface area contributed by atoms with E-state index in [0.717, 1.165) is 32.8 Å². The van der Waals surface area contributed by atoms with Crippen LogP contribution in [0, 0.1) is 6.92 Å². The lowest BCUT2D eigenvalue weighted by molar-refractivity contribution is 0.672. The maximum atomic E-state index is 5.98. The van der Waals surface area contributed by atoms with E-state index < -0.39 is 0 Å². The molecular weight excluding hydrogens is 222 g/mol. The summed E-state index contributed by atoms with van der Waals surface area (Å²) in [7, 11) is 0. The zero-order valence-corrected chi connectivity index (χ0v) is 9.97. The number of furan rings is 1. The molecule has 2 heteroatoms. The molecule has 0 unspecified atom stereocenters. The van der Waals surface area contributed by atoms with E-state index in [0.29, 0.717) is 0 Å². The van der Waals surface area contributed by atoms with Crippen molar-refractivity contribution in [2.75, 3.05) is 0 Å². The third kappa shape index (κ3) is 1.20. The van der Waals surface area contributed by atoms with E-state index >= 15 is 0 Å². The Morgan fingerprint density at radius 2 is 1.83 bits per heavy atom. The van der Waals surface area contributed by atoms with Gasteiger partial charge < -0.3 is 4.42 Å². The fraction of sp³-hybridized carbons (Fsp3) is 0.0625. The maximum absolute atomic E-state index is 5.98. The van der Waals surface area contributed by atoms with Crippen molar-refractivity contribution in [3.63, 3.8) is 0 Å². The van der Waals surface area contributed by atoms with Crippen molar-refractivity contribution < 1.29 is 4.42 Å². The molecule has 4 rings (SSSR count). The van der Waals surface area contributed by atoms with E-state index in [1.165, 1.54) is 5.56 Å². The van der Waals surface area contributed by atoms with Gasteiger partial charge in [-0.05, 0) is 25.1 Å². The van der Waals surface area contributed by atoms with Gasteiger partial charge in [0.05, 0.1) is 5.52 Å². The lowest BCUT2D eigenvalue weighted by Crippen LogP contribution is -1.80. The molecule has 0 radical (unpaired) electrons. The van der Waals surface area contributed by atoms with Crippen LogP contribution >= 0.6 is 0 Å². The van der Waals surface area contributed by atoms with Gasteiger partial charge in [-0.25, -0.2) is 0 Å². The zero-order chi connectivity index (χ0) is 12.1. The van der Waals surface area contributed by atoms with E-state index in [1.807, 2.05) is 30.5 Å². The minimum absolute atomic E-state index is 0.920. The second-order valence-corrected chi connectivity index (χ2v) is 4.62. The molecule has 18 heavy (non-hydrogen) atoms. The zero-order valence-electron chi connectivity index (χ0n) is 9.97. The minimum Gasteiger partial charge on any atom is -0.455 e. The molecule has 0 aliphatic rings. The summed E-state index contributed by atoms with van der Waals surface area (Å²) in [5.74, 6) is 0. The maximum Gasteiger partial charge on any atom is 0.146 e. The lowest BCUT2D eigenvalue weighted by atomic mass is 10.1. The van der Waals surface area contributed by atoms with Gasteiger partial charge in [0.1, 0.15) is 11.2 Å². The number of hydrogen-bond acceptors (Lipinski definition) is 2. The highest BCUT2D eigenvalue weighted by Gasteiger charge is 2.10. The van der Waals surface area contributed by atoms with Crippen molar-refractivity contribution in [1.29, 1.82) is 0 Å². The van der Waals surface area contributed by atoms with Crippen LogP contribution in [0.15, 0.2) is 53.1 Å². The van der Waals surface area contributed by atoms with Gasteiger partial charge in [-0.1, -0.05) is 29.8 Å². The first-order valence-electron chi connectivity index (χ1n) is 5.99. The molecule has 2 aromatic heterocycles. The van der Waals surface area contributed by atoms with Gasteiger partial charge >= 0.3 is 0 Å². The highest BCUT2D eigenvalue weighted by molar-refractivity contribution is 6.13. The number of nitrogens with zero attached hydrogens (tertiary/aromatic N) is 1. The van der Waals surface area contributed by atoms with Crippen LogP contribution in [0.5, 0.6) is 0 Å². The Hall–Kier alpha value is -2.35. The van der Waals surface area contributed by atoms with Crippen LogP contribution in [-0.2, 0) is 0 Å². The van der Waals surface area contributed by atoms with Gasteiger partial charge in [0.2, 0.25) is 0 Å². The Morgan fingerprint density at radius 3 is 2.78 bits per heavy atom. The molecule has 2 aromatic carbocycles. The highest BCUT2D eigenvalue weighted by atomic mass is 16.3. The molecular formula is C16H11NO. The molecule has 0 saturated carbocycles. The number of benzene rings is 2. The number of para-hydroxylation sites is 1. The third-order valence-electron chi connectivity index (χ3n) is 3.36. The van der Waals surface area contributed by atoms with Crippen LogP contribution in [0.4, 0.5) is 0 Å². The summed E-state index contributed by atoms with van der Waals surface area (Å²) in [6, 6.07) is 14.3.